The van der Waals surface area contributed by atoms with Gasteiger partial charge >= 0.3 is 0 Å². The third-order valence-corrected chi connectivity index (χ3v) is 3.37. The van der Waals surface area contributed by atoms with Gasteiger partial charge in [-0.2, -0.15) is 0 Å². The number of carbonyl (C=O) groups is 1. The molecule has 0 radical (unpaired) electrons. The van der Waals surface area contributed by atoms with E-state index in [2.05, 4.69) is 15.9 Å². The molecule has 0 spiro atoms. The van der Waals surface area contributed by atoms with Crippen LogP contribution in [0.25, 0.3) is 0 Å². The van der Waals surface area contributed by atoms with E-state index in [-0.39, 0.29) is 5.82 Å². The predicted octanol–water partition coefficient (Wildman–Crippen LogP) is 3.81. The van der Waals surface area contributed by atoms with E-state index in [9.17, 15) is 9.18 Å². The number of benzene rings is 1. The zero-order chi connectivity index (χ0) is 11.5. The second-order valence-corrected chi connectivity index (χ2v) is 4.88. The predicted molar refractivity (Wildman–Crippen MR) is 64.7 cm³/mol. The Balaban J connectivity index is 2.09. The highest BCUT2D eigenvalue weighted by molar-refractivity contribution is 9.10. The molecule has 0 unspecified atom stereocenters. The molecule has 16 heavy (non-hydrogen) atoms. The largest absolute Gasteiger partial charge is 0.299 e. The van der Waals surface area contributed by atoms with Crippen LogP contribution in [0, 0.1) is 5.82 Å². The van der Waals surface area contributed by atoms with Crippen LogP contribution < -0.4 is 0 Å². The first kappa shape index (κ1) is 11.5. The van der Waals surface area contributed by atoms with Crippen molar-refractivity contribution in [3.63, 3.8) is 0 Å². The summed E-state index contributed by atoms with van der Waals surface area (Å²) < 4.78 is 13.5. The van der Waals surface area contributed by atoms with Gasteiger partial charge in [0.15, 0.2) is 0 Å². The van der Waals surface area contributed by atoms with Crippen molar-refractivity contribution in [3.05, 3.63) is 45.7 Å². The molecule has 0 atom stereocenters. The molecule has 1 aromatic carbocycles. The summed E-state index contributed by atoms with van der Waals surface area (Å²) in [7, 11) is 0. The summed E-state index contributed by atoms with van der Waals surface area (Å²) in [5.74, 6) is 0.0700. The highest BCUT2D eigenvalue weighted by Crippen LogP contribution is 2.22. The van der Waals surface area contributed by atoms with Crippen LogP contribution >= 0.6 is 15.9 Å². The molecule has 1 aromatic rings. The Morgan fingerprint density at radius 3 is 2.75 bits per heavy atom. The number of hydrogen-bond donors (Lipinski definition) is 0. The van der Waals surface area contributed by atoms with Crippen molar-refractivity contribution < 1.29 is 9.18 Å². The molecule has 84 valence electrons. The van der Waals surface area contributed by atoms with Crippen molar-refractivity contribution in [1.82, 2.24) is 0 Å². The Hall–Kier alpha value is -0.960. The molecule has 3 heteroatoms. The van der Waals surface area contributed by atoms with Gasteiger partial charge in [-0.05, 0) is 46.5 Å². The number of hydrogen-bond acceptors (Lipinski definition) is 1. The zero-order valence-corrected chi connectivity index (χ0v) is 10.4. The molecular formula is C13H12BrFO. The van der Waals surface area contributed by atoms with E-state index in [0.29, 0.717) is 23.1 Å². The number of ketones is 1. The summed E-state index contributed by atoms with van der Waals surface area (Å²) in [5.41, 5.74) is 2.35. The quantitative estimate of drug-likeness (QED) is 0.754. The Kier molecular flexibility index (Phi) is 3.54. The van der Waals surface area contributed by atoms with Crippen molar-refractivity contribution in [2.75, 3.05) is 0 Å². The Morgan fingerprint density at radius 1 is 1.31 bits per heavy atom. The Morgan fingerprint density at radius 2 is 2.12 bits per heavy atom. The number of rotatable bonds is 2. The molecule has 0 N–H and O–H groups in total. The van der Waals surface area contributed by atoms with Crippen LogP contribution in [0.2, 0.25) is 0 Å². The summed E-state index contributed by atoms with van der Waals surface area (Å²) in [4.78, 5) is 11.1. The number of allylic oxidation sites excluding steroid dienone is 2. The van der Waals surface area contributed by atoms with Crippen LogP contribution in [-0.2, 0) is 11.2 Å². The minimum absolute atomic E-state index is 0.239. The summed E-state index contributed by atoms with van der Waals surface area (Å²) in [6.45, 7) is 0. The van der Waals surface area contributed by atoms with Gasteiger partial charge < -0.3 is 0 Å². The fraction of sp³-hybridized carbons (Fsp3) is 0.308. The molecule has 0 heterocycles. The van der Waals surface area contributed by atoms with E-state index in [0.717, 1.165) is 18.4 Å². The summed E-state index contributed by atoms with van der Waals surface area (Å²) in [5, 5.41) is 0. The fourth-order valence-electron chi connectivity index (χ4n) is 1.83. The third-order valence-electron chi connectivity index (χ3n) is 2.76. The van der Waals surface area contributed by atoms with E-state index in [1.54, 1.807) is 12.1 Å². The second-order valence-electron chi connectivity index (χ2n) is 4.03. The van der Waals surface area contributed by atoms with E-state index >= 15 is 0 Å². The van der Waals surface area contributed by atoms with E-state index in [1.807, 2.05) is 6.08 Å². The average molecular weight is 283 g/mol. The van der Waals surface area contributed by atoms with Crippen LogP contribution in [0.4, 0.5) is 4.39 Å². The lowest BCUT2D eigenvalue weighted by Crippen LogP contribution is -2.05. The smallest absolute Gasteiger partial charge is 0.137 e. The molecule has 0 aromatic heterocycles. The molecule has 0 saturated heterocycles. The van der Waals surface area contributed by atoms with Crippen molar-refractivity contribution in [1.29, 1.82) is 0 Å². The number of halogens is 2. The van der Waals surface area contributed by atoms with Gasteiger partial charge in [0.2, 0.25) is 0 Å². The van der Waals surface area contributed by atoms with Crippen molar-refractivity contribution >= 4 is 21.7 Å². The zero-order valence-electron chi connectivity index (χ0n) is 8.80. The lowest BCUT2D eigenvalue weighted by Gasteiger charge is -2.12. The van der Waals surface area contributed by atoms with E-state index < -0.39 is 0 Å². The fourth-order valence-corrected chi connectivity index (χ4v) is 2.26. The van der Waals surface area contributed by atoms with Gasteiger partial charge in [0.25, 0.3) is 0 Å². The van der Waals surface area contributed by atoms with Crippen molar-refractivity contribution in [2.45, 2.75) is 25.7 Å². The van der Waals surface area contributed by atoms with Gasteiger partial charge in [0.1, 0.15) is 11.6 Å². The van der Waals surface area contributed by atoms with Crippen LogP contribution in [0.15, 0.2) is 34.3 Å². The maximum Gasteiger partial charge on any atom is 0.137 e. The standard InChI is InChI=1S/C13H12BrFO/c14-12-8-10(3-6-13(12)15)7-9-1-4-11(16)5-2-9/h1,3,6,8H,2,4-5,7H2. The van der Waals surface area contributed by atoms with Gasteiger partial charge in [-0.25, -0.2) is 4.39 Å². The molecule has 0 bridgehead atoms. The minimum atomic E-state index is -0.239. The molecule has 0 amide bonds. The molecule has 0 fully saturated rings. The van der Waals surface area contributed by atoms with Crippen molar-refractivity contribution in [2.24, 2.45) is 0 Å². The topological polar surface area (TPSA) is 17.1 Å². The van der Waals surface area contributed by atoms with Gasteiger partial charge in [0, 0.05) is 12.8 Å². The lowest BCUT2D eigenvalue weighted by molar-refractivity contribution is -0.118. The first-order valence-corrected chi connectivity index (χ1v) is 6.08. The maximum atomic E-state index is 13.0. The number of Topliss-reactive ketones (excluding diaryl/α,β-unsaturated/α-hetero) is 1. The highest BCUT2D eigenvalue weighted by Gasteiger charge is 2.11. The van der Waals surface area contributed by atoms with Crippen LogP contribution in [-0.4, -0.2) is 5.78 Å². The lowest BCUT2D eigenvalue weighted by atomic mass is 9.93. The van der Waals surface area contributed by atoms with Gasteiger partial charge in [-0.15, -0.1) is 0 Å². The summed E-state index contributed by atoms with van der Waals surface area (Å²) in [6, 6.07) is 5.05. The summed E-state index contributed by atoms with van der Waals surface area (Å²) >= 11 is 3.17. The van der Waals surface area contributed by atoms with Crippen LogP contribution in [0.3, 0.4) is 0 Å². The first-order valence-electron chi connectivity index (χ1n) is 5.28. The normalized spacial score (nSPS) is 16.1. The minimum Gasteiger partial charge on any atom is -0.299 e. The molecule has 1 nitrogen and oxygen atoms in total. The monoisotopic (exact) mass is 282 g/mol. The average Bonchev–Trinajstić information content (AvgIpc) is 2.27. The van der Waals surface area contributed by atoms with Gasteiger partial charge in [-0.1, -0.05) is 17.7 Å². The Bertz CT molecular complexity index is 451. The van der Waals surface area contributed by atoms with Gasteiger partial charge in [-0.3, -0.25) is 4.79 Å². The van der Waals surface area contributed by atoms with Gasteiger partial charge in [0.05, 0.1) is 4.47 Å². The third kappa shape index (κ3) is 2.79. The summed E-state index contributed by atoms with van der Waals surface area (Å²) in [6.07, 6.45) is 4.86. The van der Waals surface area contributed by atoms with Crippen LogP contribution in [0.5, 0.6) is 0 Å². The molecule has 0 saturated carbocycles. The van der Waals surface area contributed by atoms with Crippen molar-refractivity contribution in [3.8, 4) is 0 Å². The Labute approximate surface area is 102 Å². The molecule has 1 aliphatic rings. The first-order chi connectivity index (χ1) is 7.65. The molecular weight excluding hydrogens is 271 g/mol. The molecule has 2 rings (SSSR count). The second kappa shape index (κ2) is 4.91. The SMILES string of the molecule is O=C1CC=C(Cc2ccc(F)c(Br)c2)CC1. The molecule has 0 aliphatic heterocycles. The van der Waals surface area contributed by atoms with E-state index in [4.69, 9.17) is 0 Å². The number of carbonyl (C=O) groups excluding carboxylic acids is 1. The van der Waals surface area contributed by atoms with E-state index in [1.165, 1.54) is 11.6 Å². The molecule has 1 aliphatic carbocycles. The highest BCUT2D eigenvalue weighted by atomic mass is 79.9. The maximum absolute atomic E-state index is 13.0. The van der Waals surface area contributed by atoms with Crippen LogP contribution in [0.1, 0.15) is 24.8 Å².